The molecule has 0 spiro atoms. The summed E-state index contributed by atoms with van der Waals surface area (Å²) in [6, 6.07) is 0. The summed E-state index contributed by atoms with van der Waals surface area (Å²) in [5, 5.41) is 0. The predicted molar refractivity (Wildman–Crippen MR) is 68.3 cm³/mol. The van der Waals surface area contributed by atoms with E-state index in [9.17, 15) is 4.79 Å². The number of amides is 1. The van der Waals surface area contributed by atoms with E-state index < -0.39 is 11.5 Å². The third-order valence-corrected chi connectivity index (χ3v) is 3.21. The Morgan fingerprint density at radius 2 is 2.21 bits per heavy atom. The van der Waals surface area contributed by atoms with Crippen molar-refractivity contribution in [2.24, 2.45) is 5.73 Å². The van der Waals surface area contributed by atoms with E-state index in [0.29, 0.717) is 38.5 Å². The molecular weight excluding hydrogens is 248 g/mol. The molecule has 7 heteroatoms. The molecule has 0 aliphatic carbocycles. The van der Waals surface area contributed by atoms with Crippen LogP contribution in [0.5, 0.6) is 0 Å². The molecule has 0 unspecified atom stereocenters. The fraction of sp³-hybridized carbons (Fsp3) is 0.583. The highest BCUT2D eigenvalue weighted by Gasteiger charge is 2.38. The number of carbonyl (C=O) groups is 1. The predicted octanol–water partition coefficient (Wildman–Crippen LogP) is 0.200. The summed E-state index contributed by atoms with van der Waals surface area (Å²) >= 11 is 0. The van der Waals surface area contributed by atoms with E-state index in [0.717, 1.165) is 0 Å². The Bertz CT molecular complexity index is 467. The van der Waals surface area contributed by atoms with Gasteiger partial charge in [-0.25, -0.2) is 9.97 Å². The second kappa shape index (κ2) is 5.50. The molecule has 0 saturated carbocycles. The fourth-order valence-electron chi connectivity index (χ4n) is 2.21. The first-order chi connectivity index (χ1) is 9.09. The van der Waals surface area contributed by atoms with E-state index in [1.807, 2.05) is 6.92 Å². The van der Waals surface area contributed by atoms with E-state index in [-0.39, 0.29) is 11.4 Å². The van der Waals surface area contributed by atoms with E-state index in [4.69, 9.17) is 20.9 Å². The number of anilines is 1. The minimum Gasteiger partial charge on any atom is -0.383 e. The Morgan fingerprint density at radius 1 is 1.53 bits per heavy atom. The summed E-state index contributed by atoms with van der Waals surface area (Å²) in [7, 11) is 0. The average molecular weight is 266 g/mol. The number of carbonyl (C=O) groups excluding carboxylic acids is 1. The lowest BCUT2D eigenvalue weighted by molar-refractivity contribution is -0.117. The molecule has 7 nitrogen and oxygen atoms in total. The Morgan fingerprint density at radius 3 is 2.74 bits per heavy atom. The van der Waals surface area contributed by atoms with E-state index in [2.05, 4.69) is 9.97 Å². The molecule has 1 fully saturated rings. The van der Waals surface area contributed by atoms with Crippen molar-refractivity contribution in [1.29, 1.82) is 0 Å². The van der Waals surface area contributed by atoms with Gasteiger partial charge in [-0.3, -0.25) is 4.79 Å². The van der Waals surface area contributed by atoms with E-state index >= 15 is 0 Å². The van der Waals surface area contributed by atoms with Crippen LogP contribution in [-0.2, 0) is 15.1 Å². The normalized spacial score (nSPS) is 18.2. The fourth-order valence-corrected chi connectivity index (χ4v) is 2.21. The summed E-state index contributed by atoms with van der Waals surface area (Å²) in [5.41, 5.74) is 10.5. The van der Waals surface area contributed by atoms with Gasteiger partial charge in [-0.1, -0.05) is 0 Å². The van der Waals surface area contributed by atoms with Crippen LogP contribution in [0.3, 0.4) is 0 Å². The van der Waals surface area contributed by atoms with Gasteiger partial charge in [0, 0.05) is 38.9 Å². The lowest BCUT2D eigenvalue weighted by atomic mass is 9.92. The maximum Gasteiger partial charge on any atom is 0.254 e. The number of aromatic nitrogens is 2. The van der Waals surface area contributed by atoms with Gasteiger partial charge in [-0.05, 0) is 6.92 Å². The molecule has 2 heterocycles. The second-order valence-corrected chi connectivity index (χ2v) is 4.40. The average Bonchev–Trinajstić information content (AvgIpc) is 2.39. The van der Waals surface area contributed by atoms with Gasteiger partial charge in [0.2, 0.25) is 0 Å². The summed E-state index contributed by atoms with van der Waals surface area (Å²) < 4.78 is 11.2. The molecule has 1 aromatic heterocycles. The number of primary amides is 1. The SMILES string of the molecule is CCOC1(c2ncc(C(N)=O)c(N)n2)CCOCC1. The Kier molecular flexibility index (Phi) is 3.96. The molecule has 1 amide bonds. The molecule has 1 saturated heterocycles. The summed E-state index contributed by atoms with van der Waals surface area (Å²) in [4.78, 5) is 19.5. The third kappa shape index (κ3) is 2.66. The molecule has 1 aliphatic rings. The van der Waals surface area contributed by atoms with Crippen LogP contribution in [-0.4, -0.2) is 35.7 Å². The van der Waals surface area contributed by atoms with Crippen LogP contribution in [0.2, 0.25) is 0 Å². The second-order valence-electron chi connectivity index (χ2n) is 4.40. The van der Waals surface area contributed by atoms with Crippen LogP contribution < -0.4 is 11.5 Å². The third-order valence-electron chi connectivity index (χ3n) is 3.21. The van der Waals surface area contributed by atoms with Gasteiger partial charge in [0.25, 0.3) is 5.91 Å². The quantitative estimate of drug-likeness (QED) is 0.804. The zero-order valence-electron chi connectivity index (χ0n) is 10.9. The van der Waals surface area contributed by atoms with Crippen molar-refractivity contribution in [3.8, 4) is 0 Å². The van der Waals surface area contributed by atoms with Crippen molar-refractivity contribution in [2.45, 2.75) is 25.4 Å². The van der Waals surface area contributed by atoms with Crippen LogP contribution >= 0.6 is 0 Å². The minimum absolute atomic E-state index is 0.0862. The molecule has 4 N–H and O–H groups in total. The number of hydrogen-bond acceptors (Lipinski definition) is 6. The highest BCUT2D eigenvalue weighted by molar-refractivity contribution is 5.96. The van der Waals surface area contributed by atoms with Gasteiger partial charge >= 0.3 is 0 Å². The smallest absolute Gasteiger partial charge is 0.254 e. The molecule has 1 aromatic rings. The molecule has 0 aromatic carbocycles. The standard InChI is InChI=1S/C12H18N4O3/c1-2-19-12(3-5-18-6-4-12)11-15-7-8(10(14)17)9(13)16-11/h7H,2-6H2,1H3,(H2,14,17)(H2,13,15,16). The van der Waals surface area contributed by atoms with Crippen LogP contribution in [0.15, 0.2) is 6.20 Å². The van der Waals surface area contributed by atoms with Gasteiger partial charge in [0.05, 0.1) is 5.56 Å². The largest absolute Gasteiger partial charge is 0.383 e. The zero-order chi connectivity index (χ0) is 13.9. The first-order valence-electron chi connectivity index (χ1n) is 6.23. The number of rotatable bonds is 4. The van der Waals surface area contributed by atoms with Crippen molar-refractivity contribution in [2.75, 3.05) is 25.6 Å². The highest BCUT2D eigenvalue weighted by Crippen LogP contribution is 2.34. The van der Waals surface area contributed by atoms with Crippen molar-refractivity contribution in [3.63, 3.8) is 0 Å². The molecular formula is C12H18N4O3. The summed E-state index contributed by atoms with van der Waals surface area (Å²) in [6.45, 7) is 3.63. The first-order valence-corrected chi connectivity index (χ1v) is 6.23. The van der Waals surface area contributed by atoms with E-state index in [1.54, 1.807) is 0 Å². The molecule has 2 rings (SSSR count). The van der Waals surface area contributed by atoms with Crippen LogP contribution in [0, 0.1) is 0 Å². The van der Waals surface area contributed by atoms with Gasteiger partial charge in [0.15, 0.2) is 5.82 Å². The number of ether oxygens (including phenoxy) is 2. The molecule has 0 bridgehead atoms. The topological polar surface area (TPSA) is 113 Å². The number of nitrogens with two attached hydrogens (primary N) is 2. The van der Waals surface area contributed by atoms with Crippen LogP contribution in [0.4, 0.5) is 5.82 Å². The summed E-state index contributed by atoms with van der Waals surface area (Å²) in [5.74, 6) is -0.0651. The Balaban J connectivity index is 2.37. The van der Waals surface area contributed by atoms with Gasteiger partial charge in [-0.2, -0.15) is 0 Å². The maximum absolute atomic E-state index is 11.1. The number of hydrogen-bond donors (Lipinski definition) is 2. The Labute approximate surface area is 111 Å². The lowest BCUT2D eigenvalue weighted by Crippen LogP contribution is -2.38. The van der Waals surface area contributed by atoms with Gasteiger partial charge < -0.3 is 20.9 Å². The minimum atomic E-state index is -0.638. The molecule has 1 aliphatic heterocycles. The highest BCUT2D eigenvalue weighted by atomic mass is 16.5. The van der Waals surface area contributed by atoms with Crippen LogP contribution in [0.25, 0.3) is 0 Å². The monoisotopic (exact) mass is 266 g/mol. The van der Waals surface area contributed by atoms with Crippen molar-refractivity contribution >= 4 is 11.7 Å². The van der Waals surface area contributed by atoms with Gasteiger partial charge in [0.1, 0.15) is 11.4 Å². The first kappa shape index (κ1) is 13.7. The molecule has 19 heavy (non-hydrogen) atoms. The van der Waals surface area contributed by atoms with E-state index in [1.165, 1.54) is 6.20 Å². The van der Waals surface area contributed by atoms with Crippen LogP contribution in [0.1, 0.15) is 35.9 Å². The van der Waals surface area contributed by atoms with Crippen molar-refractivity contribution in [3.05, 3.63) is 17.6 Å². The van der Waals surface area contributed by atoms with Gasteiger partial charge in [-0.15, -0.1) is 0 Å². The van der Waals surface area contributed by atoms with Crippen molar-refractivity contribution < 1.29 is 14.3 Å². The number of nitrogens with zero attached hydrogens (tertiary/aromatic N) is 2. The summed E-state index contributed by atoms with van der Waals surface area (Å²) in [6.07, 6.45) is 2.68. The zero-order valence-corrected chi connectivity index (χ0v) is 10.9. The number of nitrogen functional groups attached to an aromatic ring is 1. The molecule has 104 valence electrons. The molecule has 0 radical (unpaired) electrons. The Hall–Kier alpha value is -1.73. The van der Waals surface area contributed by atoms with Crippen molar-refractivity contribution in [1.82, 2.24) is 9.97 Å². The maximum atomic E-state index is 11.1. The lowest BCUT2D eigenvalue weighted by Gasteiger charge is -2.35. The molecule has 0 atom stereocenters.